The summed E-state index contributed by atoms with van der Waals surface area (Å²) in [6, 6.07) is 7.70. The van der Waals surface area contributed by atoms with E-state index >= 15 is 0 Å². The normalized spacial score (nSPS) is 40.4. The summed E-state index contributed by atoms with van der Waals surface area (Å²) in [6.45, 7) is 17.5. The monoisotopic (exact) mass is 555 g/mol. The van der Waals surface area contributed by atoms with Crippen molar-refractivity contribution in [2.24, 2.45) is 17.3 Å². The van der Waals surface area contributed by atoms with Gasteiger partial charge in [0.2, 0.25) is 0 Å². The summed E-state index contributed by atoms with van der Waals surface area (Å²) in [6.07, 6.45) is 9.36. The number of rotatable bonds is 2. The van der Waals surface area contributed by atoms with Crippen molar-refractivity contribution in [3.8, 4) is 0 Å². The molecule has 3 heterocycles. The summed E-state index contributed by atoms with van der Waals surface area (Å²) in [4.78, 5) is 5.58. The quantitative estimate of drug-likeness (QED) is 0.435. The first-order valence-electron chi connectivity index (χ1n) is 15.8. The Bertz CT molecular complexity index is 958. The van der Waals surface area contributed by atoms with Crippen LogP contribution < -0.4 is 15.4 Å². The number of nitrogens with one attached hydrogen (secondary N) is 3. The summed E-state index contributed by atoms with van der Waals surface area (Å²) < 4.78 is 10.9. The largest absolute Gasteiger partial charge is 0.357 e. The number of ether oxygens (including phenoxy) is 1. The molecule has 6 nitrogen and oxygen atoms in total. The van der Waals surface area contributed by atoms with E-state index in [-0.39, 0.29) is 24.7 Å². The fourth-order valence-corrected chi connectivity index (χ4v) is 9.16. The Morgan fingerprint density at radius 3 is 2.49 bits per heavy atom. The van der Waals surface area contributed by atoms with Gasteiger partial charge in [0, 0.05) is 56.5 Å². The minimum absolute atomic E-state index is 0.0315. The van der Waals surface area contributed by atoms with Gasteiger partial charge in [0.25, 0.3) is 0 Å². The van der Waals surface area contributed by atoms with Crippen LogP contribution in [-0.4, -0.2) is 72.4 Å². The molecule has 5 aliphatic rings. The zero-order valence-electron chi connectivity index (χ0n) is 25.0. The lowest BCUT2D eigenvalue weighted by molar-refractivity contribution is -0.0841. The van der Waals surface area contributed by atoms with Gasteiger partial charge in [-0.2, -0.15) is 0 Å². The van der Waals surface area contributed by atoms with Crippen LogP contribution in [0.2, 0.25) is 0 Å². The number of nitrogens with zero attached hydrogens (tertiary/aromatic N) is 2. The highest BCUT2D eigenvalue weighted by atomic mass is 32.2. The zero-order chi connectivity index (χ0) is 27.1. The van der Waals surface area contributed by atoms with Crippen molar-refractivity contribution in [1.29, 1.82) is 0 Å². The van der Waals surface area contributed by atoms with Crippen LogP contribution in [0.25, 0.3) is 0 Å². The lowest BCUT2D eigenvalue weighted by Crippen LogP contribution is -2.62. The van der Waals surface area contributed by atoms with Gasteiger partial charge < -0.3 is 4.74 Å². The highest BCUT2D eigenvalue weighted by molar-refractivity contribution is 7.98. The number of benzene rings is 1. The summed E-state index contributed by atoms with van der Waals surface area (Å²) >= 11 is 1.96. The van der Waals surface area contributed by atoms with Crippen molar-refractivity contribution in [2.75, 3.05) is 32.7 Å². The molecule has 6 rings (SSSR count). The molecule has 0 amide bonds. The highest BCUT2D eigenvalue weighted by Crippen LogP contribution is 2.44. The Balaban J connectivity index is 1.23. The Kier molecular flexibility index (Phi) is 8.69. The average Bonchev–Trinajstić information content (AvgIpc) is 3.02. The van der Waals surface area contributed by atoms with Crippen molar-refractivity contribution >= 4 is 11.9 Å². The van der Waals surface area contributed by atoms with Crippen LogP contribution in [0.1, 0.15) is 88.4 Å². The van der Waals surface area contributed by atoms with Gasteiger partial charge in [-0.1, -0.05) is 57.3 Å². The molecule has 0 spiro atoms. The molecule has 0 radical (unpaired) electrons. The molecule has 3 aliphatic heterocycles. The Morgan fingerprint density at radius 1 is 0.923 bits per heavy atom. The van der Waals surface area contributed by atoms with Crippen LogP contribution >= 0.6 is 11.9 Å². The molecule has 3 N–H and O–H groups in total. The van der Waals surface area contributed by atoms with Crippen LogP contribution in [0.15, 0.2) is 18.2 Å². The number of hydrogen-bond acceptors (Lipinski definition) is 7. The van der Waals surface area contributed by atoms with Crippen molar-refractivity contribution in [3.63, 3.8) is 0 Å². The fraction of sp³-hybridized carbons (Fsp3) is 0.812. The molecule has 7 heteroatoms. The second kappa shape index (κ2) is 11.9. The second-order valence-corrected chi connectivity index (χ2v) is 15.6. The van der Waals surface area contributed by atoms with Crippen molar-refractivity contribution in [1.82, 2.24) is 25.2 Å². The van der Waals surface area contributed by atoms with Gasteiger partial charge >= 0.3 is 0 Å². The highest BCUT2D eigenvalue weighted by Gasteiger charge is 2.42. The van der Waals surface area contributed by atoms with Gasteiger partial charge in [-0.25, -0.2) is 4.72 Å². The van der Waals surface area contributed by atoms with E-state index < -0.39 is 0 Å². The van der Waals surface area contributed by atoms with E-state index in [1.165, 1.54) is 74.8 Å². The number of fused-ring (bicyclic) bond motifs is 6. The van der Waals surface area contributed by atoms with E-state index in [1.54, 1.807) is 0 Å². The van der Waals surface area contributed by atoms with Crippen molar-refractivity contribution in [2.45, 2.75) is 116 Å². The molecule has 6 bridgehead atoms. The summed E-state index contributed by atoms with van der Waals surface area (Å²) in [5.41, 5.74) is 4.62. The Morgan fingerprint density at radius 2 is 1.72 bits per heavy atom. The molecule has 2 saturated carbocycles. The first kappa shape index (κ1) is 28.4. The van der Waals surface area contributed by atoms with Crippen LogP contribution in [0, 0.1) is 31.1 Å². The molecular weight excluding hydrogens is 502 g/mol. The van der Waals surface area contributed by atoms with Crippen LogP contribution in [0.4, 0.5) is 0 Å². The smallest absolute Gasteiger partial charge is 0.123 e. The third-order valence-electron chi connectivity index (χ3n) is 10.5. The zero-order valence-corrected chi connectivity index (χ0v) is 25.9. The molecular formula is C32H53N5OS. The van der Waals surface area contributed by atoms with Crippen molar-refractivity contribution in [3.05, 3.63) is 34.9 Å². The van der Waals surface area contributed by atoms with Crippen LogP contribution in [0.3, 0.4) is 0 Å². The molecule has 5 fully saturated rings. The summed E-state index contributed by atoms with van der Waals surface area (Å²) in [7, 11) is 0. The third-order valence-corrected chi connectivity index (χ3v) is 11.6. The molecule has 1 aromatic carbocycles. The first-order chi connectivity index (χ1) is 18.7. The molecule has 218 valence electrons. The maximum atomic E-state index is 7.09. The SMILES string of the molecule is Cc1cccc(C)c1C1CC2NC(NSC3CCCC(C3)CN3CCN(C4CC(C(C)(C)C)C4)C[C@@H](C3)O2)N1. The molecule has 2 aliphatic carbocycles. The predicted octanol–water partition coefficient (Wildman–Crippen LogP) is 5.17. The summed E-state index contributed by atoms with van der Waals surface area (Å²) in [5, 5.41) is 8.43. The van der Waals surface area contributed by atoms with Crippen LogP contribution in [0.5, 0.6) is 0 Å². The average molecular weight is 556 g/mol. The van der Waals surface area contributed by atoms with E-state index in [0.717, 1.165) is 37.4 Å². The van der Waals surface area contributed by atoms with E-state index in [0.29, 0.717) is 10.7 Å². The summed E-state index contributed by atoms with van der Waals surface area (Å²) in [5.74, 6) is 1.66. The van der Waals surface area contributed by atoms with Gasteiger partial charge in [-0.15, -0.1) is 0 Å². The maximum Gasteiger partial charge on any atom is 0.123 e. The van der Waals surface area contributed by atoms with Gasteiger partial charge in [-0.05, 0) is 79.9 Å². The second-order valence-electron chi connectivity index (χ2n) is 14.4. The first-order valence-corrected chi connectivity index (χ1v) is 16.7. The van der Waals surface area contributed by atoms with E-state index in [1.807, 2.05) is 11.9 Å². The number of aryl methyl sites for hydroxylation is 2. The topological polar surface area (TPSA) is 51.8 Å². The maximum absolute atomic E-state index is 7.09. The van der Waals surface area contributed by atoms with Gasteiger partial charge in [0.1, 0.15) is 12.5 Å². The Hall–Kier alpha value is -0.670. The minimum atomic E-state index is 0.0315. The fourth-order valence-electron chi connectivity index (χ4n) is 8.04. The molecule has 3 saturated heterocycles. The molecule has 6 unspecified atom stereocenters. The molecule has 1 aromatic rings. The van der Waals surface area contributed by atoms with Gasteiger partial charge in [0.15, 0.2) is 0 Å². The van der Waals surface area contributed by atoms with E-state index in [4.69, 9.17) is 4.74 Å². The molecule has 7 atom stereocenters. The van der Waals surface area contributed by atoms with Gasteiger partial charge in [-0.3, -0.25) is 20.4 Å². The predicted molar refractivity (Wildman–Crippen MR) is 162 cm³/mol. The van der Waals surface area contributed by atoms with E-state index in [2.05, 4.69) is 78.0 Å². The molecule has 39 heavy (non-hydrogen) atoms. The van der Waals surface area contributed by atoms with E-state index in [9.17, 15) is 0 Å². The van der Waals surface area contributed by atoms with Crippen LogP contribution in [-0.2, 0) is 4.74 Å². The molecule has 0 aromatic heterocycles. The number of hydrogen-bond donors (Lipinski definition) is 3. The lowest BCUT2D eigenvalue weighted by Gasteiger charge is -2.49. The Labute approximate surface area is 241 Å². The van der Waals surface area contributed by atoms with Gasteiger partial charge in [0.05, 0.1) is 6.10 Å². The lowest BCUT2D eigenvalue weighted by atomic mass is 9.65. The standard InChI is InChI=1S/C32H53N5OS/c1-21-8-6-9-22(2)30(21)28-17-29-34-31(33-28)35-39-27-11-7-10-23(14-27)18-36-12-13-37(20-26(19-36)38-29)25-15-24(16-25)32(3,4)5/h6,8-9,23-29,31,33-35H,7,10-20H2,1-5H3/t23?,24?,25?,26-,27?,28?,29?,31?/m1/s1. The van der Waals surface area contributed by atoms with Crippen molar-refractivity contribution < 1.29 is 4.74 Å². The third kappa shape index (κ3) is 6.71. The minimum Gasteiger partial charge on any atom is -0.357 e.